The Hall–Kier alpha value is -0.280. The molecule has 0 unspecified atom stereocenters. The van der Waals surface area contributed by atoms with Crippen molar-refractivity contribution in [3.63, 3.8) is 0 Å². The molecule has 1 saturated carbocycles. The smallest absolute Gasteiger partial charge is 0.309 e. The van der Waals surface area contributed by atoms with E-state index in [9.17, 15) is 9.90 Å². The molecule has 0 saturated heterocycles. The lowest BCUT2D eigenvalue weighted by Gasteiger charge is -2.16. The maximum Gasteiger partial charge on any atom is 0.309 e. The van der Waals surface area contributed by atoms with E-state index < -0.39 is 6.10 Å². The first-order valence-electron chi connectivity index (χ1n) is 4.02. The molecule has 0 bridgehead atoms. The van der Waals surface area contributed by atoms with Crippen LogP contribution in [0.4, 0.5) is 0 Å². The first-order chi connectivity index (χ1) is 5.70. The van der Waals surface area contributed by atoms with Crippen molar-refractivity contribution in [3.8, 4) is 0 Å². The van der Waals surface area contributed by atoms with Gasteiger partial charge in [-0.3, -0.25) is 4.79 Å². The minimum absolute atomic E-state index is 0.126. The summed E-state index contributed by atoms with van der Waals surface area (Å²) in [7, 11) is 1.36. The summed E-state index contributed by atoms with van der Waals surface area (Å²) in [6, 6.07) is 0. The molecular formula is C8H13ClO3. The highest BCUT2D eigenvalue weighted by molar-refractivity contribution is 6.18. The topological polar surface area (TPSA) is 46.5 Å². The second-order valence-corrected chi connectivity index (χ2v) is 3.40. The quantitative estimate of drug-likeness (QED) is 0.520. The Kier molecular flexibility index (Phi) is 3.35. The van der Waals surface area contributed by atoms with Gasteiger partial charge in [0.05, 0.1) is 19.1 Å². The van der Waals surface area contributed by atoms with Gasteiger partial charge in [-0.25, -0.2) is 0 Å². The van der Waals surface area contributed by atoms with E-state index in [0.717, 1.165) is 0 Å². The molecule has 0 aliphatic heterocycles. The predicted octanol–water partition coefficient (Wildman–Crippen LogP) is 0.785. The fraction of sp³-hybridized carbons (Fsp3) is 0.875. The van der Waals surface area contributed by atoms with Gasteiger partial charge in [0.2, 0.25) is 0 Å². The van der Waals surface area contributed by atoms with Crippen molar-refractivity contribution >= 4 is 17.6 Å². The Balaban J connectivity index is 2.60. The summed E-state index contributed by atoms with van der Waals surface area (Å²) in [6.07, 6.45) is 0.897. The van der Waals surface area contributed by atoms with Crippen LogP contribution in [0.15, 0.2) is 0 Å². The van der Waals surface area contributed by atoms with Crippen LogP contribution in [0.3, 0.4) is 0 Å². The average Bonchev–Trinajstić information content (AvgIpc) is 2.45. The van der Waals surface area contributed by atoms with Crippen LogP contribution in [0.2, 0.25) is 0 Å². The molecule has 0 aromatic heterocycles. The fourth-order valence-corrected chi connectivity index (χ4v) is 2.12. The van der Waals surface area contributed by atoms with Crippen molar-refractivity contribution in [2.75, 3.05) is 13.0 Å². The van der Waals surface area contributed by atoms with E-state index >= 15 is 0 Å². The maximum atomic E-state index is 11.1. The third kappa shape index (κ3) is 1.72. The zero-order valence-corrected chi connectivity index (χ0v) is 7.75. The van der Waals surface area contributed by atoms with E-state index in [2.05, 4.69) is 4.74 Å². The Morgan fingerprint density at radius 1 is 1.67 bits per heavy atom. The number of alkyl halides is 1. The number of esters is 1. The zero-order chi connectivity index (χ0) is 9.14. The van der Waals surface area contributed by atoms with Crippen molar-refractivity contribution in [1.82, 2.24) is 0 Å². The van der Waals surface area contributed by atoms with Gasteiger partial charge in [0.25, 0.3) is 0 Å². The van der Waals surface area contributed by atoms with E-state index in [4.69, 9.17) is 11.6 Å². The minimum Gasteiger partial charge on any atom is -0.469 e. The number of carbonyl (C=O) groups is 1. The number of methoxy groups -OCH3 is 1. The minimum atomic E-state index is -0.438. The van der Waals surface area contributed by atoms with Crippen molar-refractivity contribution < 1.29 is 14.6 Å². The van der Waals surface area contributed by atoms with Crippen LogP contribution in [0.5, 0.6) is 0 Å². The monoisotopic (exact) mass is 192 g/mol. The molecule has 12 heavy (non-hydrogen) atoms. The summed E-state index contributed by atoms with van der Waals surface area (Å²) in [5, 5.41) is 9.41. The van der Waals surface area contributed by atoms with Gasteiger partial charge in [0.1, 0.15) is 0 Å². The lowest BCUT2D eigenvalue weighted by atomic mass is 9.97. The summed E-state index contributed by atoms with van der Waals surface area (Å²) in [5.74, 6) is -0.264. The summed E-state index contributed by atoms with van der Waals surface area (Å²) < 4.78 is 4.61. The molecule has 70 valence electrons. The van der Waals surface area contributed by atoms with E-state index in [1.165, 1.54) is 7.11 Å². The highest BCUT2D eigenvalue weighted by Crippen LogP contribution is 2.33. The molecule has 1 fully saturated rings. The second kappa shape index (κ2) is 4.10. The van der Waals surface area contributed by atoms with Gasteiger partial charge >= 0.3 is 5.97 Å². The van der Waals surface area contributed by atoms with Crippen LogP contribution in [0.1, 0.15) is 12.8 Å². The highest BCUT2D eigenvalue weighted by Gasteiger charge is 2.39. The first kappa shape index (κ1) is 9.81. The lowest BCUT2D eigenvalue weighted by molar-refractivity contribution is -0.147. The maximum absolute atomic E-state index is 11.1. The van der Waals surface area contributed by atoms with E-state index in [1.54, 1.807) is 0 Å². The molecule has 4 heteroatoms. The summed E-state index contributed by atoms with van der Waals surface area (Å²) in [5.41, 5.74) is 0. The number of aliphatic hydroxyl groups excluding tert-OH is 1. The Bertz CT molecular complexity index is 172. The largest absolute Gasteiger partial charge is 0.469 e. The number of aliphatic hydroxyl groups is 1. The summed E-state index contributed by atoms with van der Waals surface area (Å²) >= 11 is 5.63. The number of rotatable bonds is 2. The fourth-order valence-electron chi connectivity index (χ4n) is 1.70. The Morgan fingerprint density at radius 3 is 2.83 bits per heavy atom. The molecule has 1 aliphatic carbocycles. The number of halogens is 1. The Labute approximate surface area is 76.7 Å². The molecule has 3 nitrogen and oxygen atoms in total. The van der Waals surface area contributed by atoms with E-state index in [1.807, 2.05) is 0 Å². The third-order valence-corrected chi connectivity index (χ3v) is 2.82. The van der Waals surface area contributed by atoms with Gasteiger partial charge < -0.3 is 9.84 Å². The molecule has 0 spiro atoms. The third-order valence-electron chi connectivity index (χ3n) is 2.47. The SMILES string of the molecule is COC(=O)[C@H]1CC[C@H](O)[C@H]1CCl. The molecule has 1 rings (SSSR count). The van der Waals surface area contributed by atoms with Crippen LogP contribution < -0.4 is 0 Å². The lowest BCUT2D eigenvalue weighted by Crippen LogP contribution is -2.27. The number of ether oxygens (including phenoxy) is 1. The molecule has 1 aliphatic rings. The molecule has 3 atom stereocenters. The van der Waals surface area contributed by atoms with Crippen molar-refractivity contribution in [1.29, 1.82) is 0 Å². The second-order valence-electron chi connectivity index (χ2n) is 3.09. The molecule has 0 aromatic rings. The van der Waals surface area contributed by atoms with Gasteiger partial charge in [-0.15, -0.1) is 11.6 Å². The van der Waals surface area contributed by atoms with Crippen LogP contribution in [-0.2, 0) is 9.53 Å². The standard InChI is InChI=1S/C8H13ClO3/c1-12-8(11)5-2-3-7(10)6(5)4-9/h5-7,10H,2-4H2,1H3/t5-,6-,7-/m0/s1. The van der Waals surface area contributed by atoms with Crippen molar-refractivity contribution in [3.05, 3.63) is 0 Å². The summed E-state index contributed by atoms with van der Waals surface area (Å²) in [6.45, 7) is 0. The van der Waals surface area contributed by atoms with Gasteiger partial charge in [-0.1, -0.05) is 0 Å². The molecular weight excluding hydrogens is 180 g/mol. The van der Waals surface area contributed by atoms with Crippen molar-refractivity contribution in [2.45, 2.75) is 18.9 Å². The van der Waals surface area contributed by atoms with E-state index in [0.29, 0.717) is 18.7 Å². The molecule has 1 N–H and O–H groups in total. The van der Waals surface area contributed by atoms with Gasteiger partial charge in [-0.05, 0) is 12.8 Å². The van der Waals surface area contributed by atoms with E-state index in [-0.39, 0.29) is 17.8 Å². The van der Waals surface area contributed by atoms with Crippen LogP contribution in [0.25, 0.3) is 0 Å². The first-order valence-corrected chi connectivity index (χ1v) is 4.56. The van der Waals surface area contributed by atoms with Crippen LogP contribution in [0, 0.1) is 11.8 Å². The number of carbonyl (C=O) groups excluding carboxylic acids is 1. The molecule has 0 radical (unpaired) electrons. The normalized spacial score (nSPS) is 35.1. The molecule has 0 heterocycles. The van der Waals surface area contributed by atoms with Crippen LogP contribution in [-0.4, -0.2) is 30.2 Å². The zero-order valence-electron chi connectivity index (χ0n) is 7.00. The van der Waals surface area contributed by atoms with Crippen molar-refractivity contribution in [2.24, 2.45) is 11.8 Å². The Morgan fingerprint density at radius 2 is 2.33 bits per heavy atom. The van der Waals surface area contributed by atoms with Gasteiger partial charge in [-0.2, -0.15) is 0 Å². The predicted molar refractivity (Wildman–Crippen MR) is 45.0 cm³/mol. The summed E-state index contributed by atoms with van der Waals surface area (Å²) in [4.78, 5) is 11.1. The van der Waals surface area contributed by atoms with Crippen LogP contribution >= 0.6 is 11.6 Å². The van der Waals surface area contributed by atoms with Gasteiger partial charge in [0, 0.05) is 11.8 Å². The highest BCUT2D eigenvalue weighted by atomic mass is 35.5. The molecule has 0 amide bonds. The van der Waals surface area contributed by atoms with Gasteiger partial charge in [0.15, 0.2) is 0 Å². The number of hydrogen-bond acceptors (Lipinski definition) is 3. The molecule has 0 aromatic carbocycles. The average molecular weight is 193 g/mol. The number of hydrogen-bond donors (Lipinski definition) is 1.